The van der Waals surface area contributed by atoms with Gasteiger partial charge >= 0.3 is 18.2 Å². The molecule has 2 aliphatic heterocycles. The van der Waals surface area contributed by atoms with E-state index in [0.29, 0.717) is 90.5 Å². The van der Waals surface area contributed by atoms with Gasteiger partial charge in [-0.15, -0.1) is 0 Å². The number of aryl methyl sites for hydroxylation is 2. The summed E-state index contributed by atoms with van der Waals surface area (Å²) in [6.07, 6.45) is 2.43. The number of nitrogens with zero attached hydrogens (tertiary/aromatic N) is 7. The molecule has 85 heavy (non-hydrogen) atoms. The number of para-hydroxylation sites is 2. The van der Waals surface area contributed by atoms with Crippen molar-refractivity contribution in [3.05, 3.63) is 129 Å². The zero-order valence-electron chi connectivity index (χ0n) is 49.4. The van der Waals surface area contributed by atoms with Crippen molar-refractivity contribution in [1.29, 1.82) is 0 Å². The molecule has 0 bridgehead atoms. The molecule has 0 saturated heterocycles. The first-order valence-corrected chi connectivity index (χ1v) is 28.5. The van der Waals surface area contributed by atoms with Crippen LogP contribution in [0, 0.1) is 37.1 Å². The predicted molar refractivity (Wildman–Crippen MR) is 319 cm³/mol. The highest BCUT2D eigenvalue weighted by molar-refractivity contribution is 6.04. The first kappa shape index (κ1) is 63.6. The number of amides is 7. The summed E-state index contributed by atoms with van der Waals surface area (Å²) in [4.78, 5) is 86.3. The van der Waals surface area contributed by atoms with Crippen molar-refractivity contribution in [3.63, 3.8) is 0 Å². The second-order valence-electron chi connectivity index (χ2n) is 21.1. The van der Waals surface area contributed by atoms with Crippen LogP contribution in [-0.4, -0.2) is 113 Å². The van der Waals surface area contributed by atoms with E-state index >= 15 is 8.78 Å². The van der Waals surface area contributed by atoms with Crippen LogP contribution in [0.4, 0.5) is 66.9 Å². The summed E-state index contributed by atoms with van der Waals surface area (Å²) in [5.41, 5.74) is 3.75. The SMILES string of the molecule is CCCNC(=O)c1ccc(C)c(-c2nc(NCCCN(CC)C(=O)OC(C)(C)C)nc3c2CNC(=O)N3c2c(F)cccc2F)c1.CCCNC(=O)c1ccc(C)c(-c2nc(NCCCNCC)nc3c2CNC(=O)N3c2c(F)cccc2F)c1. The number of anilines is 6. The average molecular weight is 1180 g/mol. The molecule has 2 aliphatic rings. The summed E-state index contributed by atoms with van der Waals surface area (Å²) in [6, 6.07) is 15.8. The van der Waals surface area contributed by atoms with E-state index in [0.717, 1.165) is 77.5 Å². The third-order valence-corrected chi connectivity index (χ3v) is 13.5. The van der Waals surface area contributed by atoms with Gasteiger partial charge in [0.1, 0.15) is 40.2 Å². The van der Waals surface area contributed by atoms with E-state index in [4.69, 9.17) is 14.7 Å². The van der Waals surface area contributed by atoms with Gasteiger partial charge in [0.05, 0.1) is 24.5 Å². The normalized spacial score (nSPS) is 12.7. The van der Waals surface area contributed by atoms with Gasteiger partial charge in [-0.25, -0.2) is 51.7 Å². The summed E-state index contributed by atoms with van der Waals surface area (Å²) >= 11 is 0. The number of carbonyl (C=O) groups is 5. The summed E-state index contributed by atoms with van der Waals surface area (Å²) in [5.74, 6) is -3.76. The van der Waals surface area contributed by atoms with Crippen molar-refractivity contribution < 1.29 is 46.3 Å². The third-order valence-electron chi connectivity index (χ3n) is 13.5. The molecule has 6 aromatic rings. The van der Waals surface area contributed by atoms with Crippen LogP contribution in [0.3, 0.4) is 0 Å². The second-order valence-corrected chi connectivity index (χ2v) is 21.1. The van der Waals surface area contributed by atoms with Gasteiger partial charge in [0.15, 0.2) is 11.6 Å². The molecule has 24 heteroatoms. The van der Waals surface area contributed by atoms with Crippen molar-refractivity contribution in [1.82, 2.24) is 51.4 Å². The monoisotopic (exact) mass is 1170 g/mol. The van der Waals surface area contributed by atoms with Crippen LogP contribution in [0.25, 0.3) is 22.5 Å². The fourth-order valence-electron chi connectivity index (χ4n) is 9.23. The maximum atomic E-state index is 15.1. The molecule has 0 radical (unpaired) electrons. The Morgan fingerprint density at radius 2 is 1.05 bits per heavy atom. The van der Waals surface area contributed by atoms with Gasteiger partial charge in [-0.1, -0.05) is 45.0 Å². The number of halogens is 4. The Bertz CT molecular complexity index is 3380. The molecule has 7 amide bonds. The number of fused-ring (bicyclic) bond motifs is 2. The minimum Gasteiger partial charge on any atom is -0.444 e. The second kappa shape index (κ2) is 29.1. The third kappa shape index (κ3) is 15.6. The molecule has 0 aliphatic carbocycles. The molecule has 0 unspecified atom stereocenters. The van der Waals surface area contributed by atoms with Gasteiger partial charge in [0, 0.05) is 72.6 Å². The number of nitrogens with one attached hydrogen (secondary N) is 7. The molecule has 7 N–H and O–H groups in total. The fraction of sp³-hybridized carbons (Fsp3) is 0.393. The van der Waals surface area contributed by atoms with Gasteiger partial charge in [-0.3, -0.25) is 9.59 Å². The van der Waals surface area contributed by atoms with Crippen LogP contribution in [0.5, 0.6) is 0 Å². The van der Waals surface area contributed by atoms with Gasteiger partial charge in [0.2, 0.25) is 11.9 Å². The first-order valence-electron chi connectivity index (χ1n) is 28.5. The maximum Gasteiger partial charge on any atom is 0.410 e. The molecule has 0 spiro atoms. The highest BCUT2D eigenvalue weighted by Gasteiger charge is 2.36. The number of hydrogen-bond acceptors (Lipinski definition) is 13. The summed E-state index contributed by atoms with van der Waals surface area (Å²) in [5, 5.41) is 20.7. The number of carbonyl (C=O) groups excluding carboxylic acids is 5. The van der Waals surface area contributed by atoms with E-state index in [-0.39, 0.29) is 48.4 Å². The maximum absolute atomic E-state index is 15.1. The average Bonchev–Trinajstić information content (AvgIpc) is 1.34. The lowest BCUT2D eigenvalue weighted by Gasteiger charge is -2.31. The number of rotatable bonds is 22. The molecule has 4 heterocycles. The largest absolute Gasteiger partial charge is 0.444 e. The molecule has 0 atom stereocenters. The Kier molecular flexibility index (Phi) is 21.8. The minimum absolute atomic E-state index is 0.00410. The lowest BCUT2D eigenvalue weighted by molar-refractivity contribution is 0.0259. The molecule has 0 fully saturated rings. The van der Waals surface area contributed by atoms with E-state index in [1.54, 1.807) is 56.0 Å². The smallest absolute Gasteiger partial charge is 0.410 e. The van der Waals surface area contributed by atoms with Crippen LogP contribution in [0.15, 0.2) is 72.8 Å². The van der Waals surface area contributed by atoms with Gasteiger partial charge in [-0.2, -0.15) is 9.97 Å². The van der Waals surface area contributed by atoms with Gasteiger partial charge in [-0.05, 0) is 140 Å². The highest BCUT2D eigenvalue weighted by Crippen LogP contribution is 2.41. The lowest BCUT2D eigenvalue weighted by Crippen LogP contribution is -2.43. The number of hydrogen-bond donors (Lipinski definition) is 7. The Balaban J connectivity index is 0.000000247. The molecular formula is C61H74F4N14O6. The van der Waals surface area contributed by atoms with Crippen LogP contribution in [0.1, 0.15) is 117 Å². The quantitative estimate of drug-likeness (QED) is 0.0248. The van der Waals surface area contributed by atoms with E-state index in [2.05, 4.69) is 47.2 Å². The molecular weight excluding hydrogens is 1100 g/mol. The predicted octanol–water partition coefficient (Wildman–Crippen LogP) is 10.9. The number of urea groups is 2. The zero-order chi connectivity index (χ0) is 61.5. The van der Waals surface area contributed by atoms with Crippen molar-refractivity contribution in [2.24, 2.45) is 0 Å². The van der Waals surface area contributed by atoms with Crippen molar-refractivity contribution in [2.75, 3.05) is 72.8 Å². The zero-order valence-corrected chi connectivity index (χ0v) is 49.4. The fourth-order valence-corrected chi connectivity index (χ4v) is 9.23. The van der Waals surface area contributed by atoms with Crippen molar-refractivity contribution in [3.8, 4) is 22.5 Å². The number of benzene rings is 4. The lowest BCUT2D eigenvalue weighted by atomic mass is 9.97. The molecule has 4 aromatic carbocycles. The molecule has 452 valence electrons. The molecule has 8 rings (SSSR count). The summed E-state index contributed by atoms with van der Waals surface area (Å²) < 4.78 is 65.4. The standard InChI is InChI=1S/C33H41F2N7O4.C28H33F2N7O2/c1-7-15-36-29(43)21-14-13-20(3)22(18-21)26-23-19-38-31(44)42(27-24(34)11-9-12-25(27)35)28(23)40-30(39-26)37-16-10-17-41(8-2)32(45)46-33(4,5)6;1-4-12-32-26(38)18-11-10-17(3)19(15-18)23-20-16-34-28(39)37(24-21(29)8-6-9-22(24)30)25(20)36-27(35-23)33-14-7-13-31-5-2/h9,11-14,18H,7-8,10,15-17,19H2,1-6H3,(H,36,43)(H,38,44)(H,37,39,40);6,8-11,15,31H,4-5,7,12-14,16H2,1-3H3,(H,32,38)(H,34,39)(H,33,35,36). The first-order chi connectivity index (χ1) is 40.7. The van der Waals surface area contributed by atoms with Crippen LogP contribution >= 0.6 is 0 Å². The summed E-state index contributed by atoms with van der Waals surface area (Å²) in [6.45, 7) is 21.4. The van der Waals surface area contributed by atoms with E-state index in [9.17, 15) is 32.8 Å². The van der Waals surface area contributed by atoms with E-state index in [1.165, 1.54) is 12.1 Å². The van der Waals surface area contributed by atoms with Gasteiger partial charge in [0.25, 0.3) is 11.8 Å². The van der Waals surface area contributed by atoms with Crippen LogP contribution < -0.4 is 47.0 Å². The van der Waals surface area contributed by atoms with Gasteiger partial charge < -0.3 is 46.9 Å². The Hall–Kier alpha value is -8.93. The Labute approximate surface area is 492 Å². The molecule has 20 nitrogen and oxygen atoms in total. The summed E-state index contributed by atoms with van der Waals surface area (Å²) in [7, 11) is 0. The Morgan fingerprint density at radius 3 is 1.45 bits per heavy atom. The molecule has 0 saturated carbocycles. The number of ether oxygens (including phenoxy) is 1. The van der Waals surface area contributed by atoms with E-state index in [1.807, 2.05) is 47.6 Å². The minimum atomic E-state index is -0.940. The Morgan fingerprint density at radius 1 is 0.612 bits per heavy atom. The van der Waals surface area contributed by atoms with Crippen molar-refractivity contribution >= 4 is 64.9 Å². The van der Waals surface area contributed by atoms with E-state index < -0.39 is 58.4 Å². The van der Waals surface area contributed by atoms with Crippen LogP contribution in [0.2, 0.25) is 0 Å². The topological polar surface area (TPSA) is 240 Å². The number of aromatic nitrogens is 4. The highest BCUT2D eigenvalue weighted by atomic mass is 19.1. The van der Waals surface area contributed by atoms with Crippen LogP contribution in [-0.2, 0) is 17.8 Å². The molecule has 2 aromatic heterocycles. The van der Waals surface area contributed by atoms with Crippen molar-refractivity contribution in [2.45, 2.75) is 107 Å².